The van der Waals surface area contributed by atoms with Crippen molar-refractivity contribution in [3.05, 3.63) is 46.9 Å². The first kappa shape index (κ1) is 16.9. The quantitative estimate of drug-likeness (QED) is 0.695. The number of aryl methyl sites for hydroxylation is 3. The smallest absolute Gasteiger partial charge is 0.278 e. The zero-order chi connectivity index (χ0) is 18.5. The van der Waals surface area contributed by atoms with Crippen LogP contribution in [-0.2, 0) is 30.0 Å². The zero-order valence-electron chi connectivity index (χ0n) is 14.8. The van der Waals surface area contributed by atoms with Crippen LogP contribution in [0.2, 0.25) is 0 Å². The average Bonchev–Trinajstić information content (AvgIpc) is 3.18. The van der Waals surface area contributed by atoms with Gasteiger partial charge < -0.3 is 4.52 Å². The highest BCUT2D eigenvalue weighted by Crippen LogP contribution is 2.31. The molecule has 0 fully saturated rings. The van der Waals surface area contributed by atoms with Crippen LogP contribution >= 0.6 is 0 Å². The molecule has 136 valence electrons. The van der Waals surface area contributed by atoms with Gasteiger partial charge in [0.2, 0.25) is 10.0 Å². The predicted octanol–water partition coefficient (Wildman–Crippen LogP) is 1.83. The van der Waals surface area contributed by atoms with Crippen molar-refractivity contribution in [3.63, 3.8) is 0 Å². The molecule has 0 unspecified atom stereocenters. The normalized spacial score (nSPS) is 15.2. The molecule has 0 atom stereocenters. The Morgan fingerprint density at radius 3 is 2.65 bits per heavy atom. The largest absolute Gasteiger partial charge is 0.332 e. The van der Waals surface area contributed by atoms with Crippen LogP contribution in [0.15, 0.2) is 33.7 Å². The number of hydrogen-bond acceptors (Lipinski definition) is 6. The second kappa shape index (κ2) is 6.03. The van der Waals surface area contributed by atoms with E-state index in [9.17, 15) is 8.42 Å². The van der Waals surface area contributed by atoms with E-state index in [1.54, 1.807) is 36.7 Å². The molecule has 2 aromatic heterocycles. The number of nitrogens with zero attached hydrogens (tertiary/aromatic N) is 5. The van der Waals surface area contributed by atoms with Crippen LogP contribution in [0.5, 0.6) is 0 Å². The Hall–Kier alpha value is -2.52. The van der Waals surface area contributed by atoms with E-state index >= 15 is 0 Å². The molecule has 3 aromatic rings. The Balaban J connectivity index is 1.75. The Kier molecular flexibility index (Phi) is 3.92. The lowest BCUT2D eigenvalue weighted by Crippen LogP contribution is -2.36. The molecule has 0 N–H and O–H groups in total. The molecule has 0 amide bonds. The molecule has 3 heterocycles. The molecule has 0 saturated heterocycles. The summed E-state index contributed by atoms with van der Waals surface area (Å²) in [6.07, 6.45) is 0.580. The Morgan fingerprint density at radius 2 is 1.96 bits per heavy atom. The molecule has 0 spiro atoms. The van der Waals surface area contributed by atoms with E-state index in [-0.39, 0.29) is 6.54 Å². The zero-order valence-corrected chi connectivity index (χ0v) is 15.6. The van der Waals surface area contributed by atoms with Crippen LogP contribution in [0.25, 0.3) is 11.6 Å². The maximum Gasteiger partial charge on any atom is 0.278 e. The van der Waals surface area contributed by atoms with Gasteiger partial charge in [-0.1, -0.05) is 23.4 Å². The number of rotatable bonds is 3. The summed E-state index contributed by atoms with van der Waals surface area (Å²) in [4.78, 5) is 4.58. The molecule has 1 aliphatic rings. The van der Waals surface area contributed by atoms with Crippen LogP contribution in [0.3, 0.4) is 0 Å². The van der Waals surface area contributed by atoms with Crippen LogP contribution in [0.1, 0.15) is 22.6 Å². The second-order valence-electron chi connectivity index (χ2n) is 6.40. The third-order valence-corrected chi connectivity index (χ3v) is 6.65. The first-order valence-electron chi connectivity index (χ1n) is 8.29. The first-order valence-corrected chi connectivity index (χ1v) is 9.73. The highest BCUT2D eigenvalue weighted by atomic mass is 32.2. The van der Waals surface area contributed by atoms with Crippen LogP contribution < -0.4 is 0 Å². The van der Waals surface area contributed by atoms with Gasteiger partial charge in [0.15, 0.2) is 11.5 Å². The molecular formula is C17H19N5O3S. The van der Waals surface area contributed by atoms with Crippen molar-refractivity contribution in [1.29, 1.82) is 0 Å². The number of sulfonamides is 1. The summed E-state index contributed by atoms with van der Waals surface area (Å²) in [5.41, 5.74) is 3.09. The van der Waals surface area contributed by atoms with Gasteiger partial charge in [-0.25, -0.2) is 8.42 Å². The topological polar surface area (TPSA) is 94.1 Å². The van der Waals surface area contributed by atoms with E-state index in [4.69, 9.17) is 4.52 Å². The van der Waals surface area contributed by atoms with E-state index in [2.05, 4.69) is 15.2 Å². The third kappa shape index (κ3) is 2.63. The summed E-state index contributed by atoms with van der Waals surface area (Å²) in [5.74, 6) is 0.828. The molecule has 0 bridgehead atoms. The highest BCUT2D eigenvalue weighted by molar-refractivity contribution is 7.89. The molecule has 0 saturated carbocycles. The van der Waals surface area contributed by atoms with Gasteiger partial charge in [-0.15, -0.1) is 0 Å². The summed E-state index contributed by atoms with van der Waals surface area (Å²) < 4.78 is 34.8. The minimum atomic E-state index is -3.59. The van der Waals surface area contributed by atoms with Crippen LogP contribution in [0, 0.1) is 13.8 Å². The van der Waals surface area contributed by atoms with Crippen molar-refractivity contribution < 1.29 is 12.9 Å². The standard InChI is InChI=1S/C17H19N5O3S/c1-11-6-4-5-7-15(11)26(23,24)22-9-8-14-13(10-22)16(19-21(14)3)17-18-12(2)20-25-17/h4-7H,8-10H2,1-3H3. The third-order valence-electron chi connectivity index (χ3n) is 4.65. The summed E-state index contributed by atoms with van der Waals surface area (Å²) >= 11 is 0. The van der Waals surface area contributed by atoms with Gasteiger partial charge >= 0.3 is 0 Å². The monoisotopic (exact) mass is 373 g/mol. The maximum absolute atomic E-state index is 13.1. The molecule has 0 radical (unpaired) electrons. The summed E-state index contributed by atoms with van der Waals surface area (Å²) in [5, 5.41) is 8.29. The molecule has 4 rings (SSSR count). The molecule has 26 heavy (non-hydrogen) atoms. The Morgan fingerprint density at radius 1 is 1.19 bits per heavy atom. The van der Waals surface area contributed by atoms with E-state index in [0.717, 1.165) is 16.8 Å². The van der Waals surface area contributed by atoms with E-state index < -0.39 is 10.0 Å². The molecule has 1 aliphatic heterocycles. The van der Waals surface area contributed by atoms with Crippen molar-refractivity contribution in [2.75, 3.05) is 6.54 Å². The number of benzene rings is 1. The van der Waals surface area contributed by atoms with Gasteiger partial charge in [0.25, 0.3) is 5.89 Å². The van der Waals surface area contributed by atoms with Crippen molar-refractivity contribution in [2.24, 2.45) is 7.05 Å². The molecule has 0 aliphatic carbocycles. The summed E-state index contributed by atoms with van der Waals surface area (Å²) in [7, 11) is -1.75. The van der Waals surface area contributed by atoms with Crippen molar-refractivity contribution in [2.45, 2.75) is 31.7 Å². The highest BCUT2D eigenvalue weighted by Gasteiger charge is 2.34. The van der Waals surface area contributed by atoms with Crippen LogP contribution in [0.4, 0.5) is 0 Å². The van der Waals surface area contributed by atoms with Crippen molar-refractivity contribution in [1.82, 2.24) is 24.2 Å². The van der Waals surface area contributed by atoms with Crippen molar-refractivity contribution >= 4 is 10.0 Å². The van der Waals surface area contributed by atoms with Crippen LogP contribution in [-0.4, -0.2) is 39.2 Å². The minimum absolute atomic E-state index is 0.233. The fourth-order valence-corrected chi connectivity index (χ4v) is 4.96. The van der Waals surface area contributed by atoms with Gasteiger partial charge in [-0.2, -0.15) is 14.4 Å². The maximum atomic E-state index is 13.1. The molecule has 9 heteroatoms. The summed E-state index contributed by atoms with van der Waals surface area (Å²) in [6.45, 7) is 4.18. The lowest BCUT2D eigenvalue weighted by atomic mass is 10.1. The number of hydrogen-bond donors (Lipinski definition) is 0. The Labute approximate surface area is 151 Å². The number of aromatic nitrogens is 4. The van der Waals surface area contributed by atoms with Gasteiger partial charge in [-0.3, -0.25) is 4.68 Å². The molecule has 1 aromatic carbocycles. The van der Waals surface area contributed by atoms with E-state index in [0.29, 0.717) is 35.3 Å². The molecular weight excluding hydrogens is 354 g/mol. The van der Waals surface area contributed by atoms with Gasteiger partial charge in [0.1, 0.15) is 0 Å². The lowest BCUT2D eigenvalue weighted by Gasteiger charge is -2.27. The minimum Gasteiger partial charge on any atom is -0.332 e. The fraction of sp³-hybridized carbons (Fsp3) is 0.353. The summed E-state index contributed by atoms with van der Waals surface area (Å²) in [6, 6.07) is 7.02. The second-order valence-corrected chi connectivity index (χ2v) is 8.30. The van der Waals surface area contributed by atoms with Gasteiger partial charge in [0.05, 0.1) is 4.90 Å². The molecule has 8 nitrogen and oxygen atoms in total. The Bertz CT molecular complexity index is 1080. The van der Waals surface area contributed by atoms with Gasteiger partial charge in [-0.05, 0) is 25.5 Å². The average molecular weight is 373 g/mol. The fourth-order valence-electron chi connectivity index (χ4n) is 3.32. The van der Waals surface area contributed by atoms with E-state index in [1.165, 1.54) is 4.31 Å². The number of fused-ring (bicyclic) bond motifs is 1. The first-order chi connectivity index (χ1) is 12.4. The van der Waals surface area contributed by atoms with Gasteiger partial charge in [0, 0.05) is 37.8 Å². The van der Waals surface area contributed by atoms with Crippen molar-refractivity contribution in [3.8, 4) is 11.6 Å². The van der Waals surface area contributed by atoms with E-state index in [1.807, 2.05) is 13.1 Å². The predicted molar refractivity (Wildman–Crippen MR) is 93.7 cm³/mol. The lowest BCUT2D eigenvalue weighted by molar-refractivity contribution is 0.384. The SMILES string of the molecule is Cc1noc(-c2nn(C)c3c2CN(S(=O)(=O)c2ccccc2C)CC3)n1.